The quantitative estimate of drug-likeness (QED) is 0.696. The molecule has 21 heavy (non-hydrogen) atoms. The number of rotatable bonds is 3. The van der Waals surface area contributed by atoms with E-state index in [1.54, 1.807) is 23.9 Å². The van der Waals surface area contributed by atoms with Crippen molar-refractivity contribution >= 4 is 22.5 Å². The summed E-state index contributed by atoms with van der Waals surface area (Å²) in [6.45, 7) is 2.01. The molecule has 1 heterocycles. The molecule has 0 saturated heterocycles. The van der Waals surface area contributed by atoms with E-state index in [0.717, 1.165) is 16.2 Å². The Bertz CT molecular complexity index is 701. The van der Waals surface area contributed by atoms with Crippen LogP contribution >= 0.6 is 11.8 Å². The highest BCUT2D eigenvalue weighted by Gasteiger charge is 2.34. The molecular weight excluding hydrogens is 286 g/mol. The summed E-state index contributed by atoms with van der Waals surface area (Å²) in [5.41, 5.74) is 5.23. The number of hydrogen-bond donors (Lipinski definition) is 1. The third-order valence-electron chi connectivity index (χ3n) is 3.32. The van der Waals surface area contributed by atoms with Gasteiger partial charge in [0.25, 0.3) is 5.69 Å². The van der Waals surface area contributed by atoms with Gasteiger partial charge in [-0.2, -0.15) is 5.10 Å². The Kier molecular flexibility index (Phi) is 3.39. The van der Waals surface area contributed by atoms with Crippen molar-refractivity contribution in [3.05, 3.63) is 75.8 Å². The molecule has 0 aromatic heterocycles. The van der Waals surface area contributed by atoms with Gasteiger partial charge < -0.3 is 0 Å². The summed E-state index contributed by atoms with van der Waals surface area (Å²) in [4.78, 5) is 9.90. The van der Waals surface area contributed by atoms with E-state index in [9.17, 15) is 10.1 Å². The number of nitro groups is 1. The molecule has 0 unspecified atom stereocenters. The first-order valence-corrected chi connectivity index (χ1v) is 7.24. The average Bonchev–Trinajstić information content (AvgIpc) is 2.92. The molecule has 0 spiro atoms. The van der Waals surface area contributed by atoms with Crippen LogP contribution in [0.3, 0.4) is 0 Å². The normalized spacial score (nSPS) is 20.7. The average molecular weight is 299 g/mol. The van der Waals surface area contributed by atoms with Crippen molar-refractivity contribution < 1.29 is 4.92 Å². The van der Waals surface area contributed by atoms with E-state index in [4.69, 9.17) is 0 Å². The number of hydrazone groups is 1. The van der Waals surface area contributed by atoms with Gasteiger partial charge in [0, 0.05) is 17.7 Å². The van der Waals surface area contributed by atoms with Crippen LogP contribution in [0.4, 0.5) is 5.69 Å². The first-order valence-electron chi connectivity index (χ1n) is 6.43. The van der Waals surface area contributed by atoms with Crippen LogP contribution in [-0.2, 0) is 4.87 Å². The van der Waals surface area contributed by atoms with Gasteiger partial charge in [0.05, 0.1) is 4.92 Å². The Morgan fingerprint density at radius 2 is 1.81 bits per heavy atom. The molecule has 1 atom stereocenters. The van der Waals surface area contributed by atoms with Crippen LogP contribution in [0.15, 0.2) is 59.7 Å². The first kappa shape index (κ1) is 13.6. The van der Waals surface area contributed by atoms with E-state index in [-0.39, 0.29) is 5.69 Å². The number of benzene rings is 2. The summed E-state index contributed by atoms with van der Waals surface area (Å²) >= 11 is 1.60. The van der Waals surface area contributed by atoms with Crippen molar-refractivity contribution in [3.8, 4) is 0 Å². The summed E-state index contributed by atoms with van der Waals surface area (Å²) in [6.07, 6.45) is 0. The fraction of sp³-hybridized carbons (Fsp3) is 0.133. The minimum absolute atomic E-state index is 0.0922. The molecule has 0 fully saturated rings. The molecule has 106 valence electrons. The molecular formula is C15H13N3O2S. The summed E-state index contributed by atoms with van der Waals surface area (Å²) < 4.78 is 0. The Balaban J connectivity index is 1.83. The van der Waals surface area contributed by atoms with Gasteiger partial charge in [-0.25, -0.2) is 0 Å². The van der Waals surface area contributed by atoms with Crippen LogP contribution in [0.25, 0.3) is 0 Å². The van der Waals surface area contributed by atoms with Crippen LogP contribution in [0.1, 0.15) is 18.1 Å². The zero-order valence-electron chi connectivity index (χ0n) is 11.3. The highest BCUT2D eigenvalue weighted by molar-refractivity contribution is 8.15. The molecule has 0 amide bonds. The number of thioether (sulfide) groups is 1. The minimum atomic E-state index is -0.416. The van der Waals surface area contributed by atoms with E-state index in [2.05, 4.69) is 10.5 Å². The summed E-state index contributed by atoms with van der Waals surface area (Å²) in [5.74, 6) is 0. The van der Waals surface area contributed by atoms with Gasteiger partial charge >= 0.3 is 0 Å². The summed E-state index contributed by atoms with van der Waals surface area (Å²) in [5, 5.41) is 16.0. The highest BCUT2D eigenvalue weighted by Crippen LogP contribution is 2.40. The van der Waals surface area contributed by atoms with Gasteiger partial charge in [0.1, 0.15) is 9.91 Å². The first-order chi connectivity index (χ1) is 10.1. The fourth-order valence-corrected chi connectivity index (χ4v) is 3.20. The number of nitrogens with zero attached hydrogens (tertiary/aromatic N) is 2. The van der Waals surface area contributed by atoms with E-state index < -0.39 is 9.79 Å². The van der Waals surface area contributed by atoms with E-state index in [1.807, 2.05) is 37.3 Å². The number of nitro benzene ring substituents is 1. The van der Waals surface area contributed by atoms with Crippen LogP contribution in [0.5, 0.6) is 0 Å². The Hall–Kier alpha value is -2.34. The minimum Gasteiger partial charge on any atom is -0.288 e. The molecule has 0 radical (unpaired) electrons. The predicted octanol–water partition coefficient (Wildman–Crippen LogP) is 3.47. The standard InChI is InChI=1S/C15H13N3O2S/c1-15(12-7-9-13(10-8-12)18(19)20)17-16-14(21-15)11-5-3-2-4-6-11/h2-10,17H,1H3/t15-/m1/s1. The van der Waals surface area contributed by atoms with Gasteiger partial charge in [-0.1, -0.05) is 42.1 Å². The van der Waals surface area contributed by atoms with Crippen molar-refractivity contribution in [2.24, 2.45) is 5.10 Å². The lowest BCUT2D eigenvalue weighted by Crippen LogP contribution is -2.28. The van der Waals surface area contributed by atoms with Gasteiger partial charge in [0.15, 0.2) is 0 Å². The third-order valence-corrected chi connectivity index (χ3v) is 4.58. The molecule has 1 aliphatic rings. The van der Waals surface area contributed by atoms with Gasteiger partial charge in [0.2, 0.25) is 0 Å². The monoisotopic (exact) mass is 299 g/mol. The van der Waals surface area contributed by atoms with Crippen molar-refractivity contribution in [1.82, 2.24) is 5.43 Å². The Labute approximate surface area is 126 Å². The lowest BCUT2D eigenvalue weighted by Gasteiger charge is -2.23. The maximum absolute atomic E-state index is 10.7. The zero-order chi connectivity index (χ0) is 14.9. The lowest BCUT2D eigenvalue weighted by atomic mass is 10.1. The van der Waals surface area contributed by atoms with E-state index in [1.165, 1.54) is 12.1 Å². The zero-order valence-corrected chi connectivity index (χ0v) is 12.1. The van der Waals surface area contributed by atoms with Crippen molar-refractivity contribution in [2.75, 3.05) is 0 Å². The molecule has 1 aliphatic heterocycles. The van der Waals surface area contributed by atoms with Crippen molar-refractivity contribution in [2.45, 2.75) is 11.8 Å². The van der Waals surface area contributed by atoms with Crippen LogP contribution in [-0.4, -0.2) is 9.97 Å². The topological polar surface area (TPSA) is 67.5 Å². The van der Waals surface area contributed by atoms with E-state index >= 15 is 0 Å². The van der Waals surface area contributed by atoms with Crippen molar-refractivity contribution in [1.29, 1.82) is 0 Å². The summed E-state index contributed by atoms with van der Waals surface area (Å²) in [7, 11) is 0. The number of hydrogen-bond acceptors (Lipinski definition) is 5. The molecule has 3 rings (SSSR count). The van der Waals surface area contributed by atoms with Crippen LogP contribution in [0, 0.1) is 10.1 Å². The maximum atomic E-state index is 10.7. The fourth-order valence-electron chi connectivity index (χ4n) is 2.13. The second kappa shape index (κ2) is 5.21. The van der Waals surface area contributed by atoms with Crippen molar-refractivity contribution in [3.63, 3.8) is 0 Å². The maximum Gasteiger partial charge on any atom is 0.269 e. The smallest absolute Gasteiger partial charge is 0.269 e. The lowest BCUT2D eigenvalue weighted by molar-refractivity contribution is -0.384. The molecule has 0 bridgehead atoms. The third kappa shape index (κ3) is 2.62. The number of non-ortho nitro benzene ring substituents is 1. The molecule has 0 saturated carbocycles. The molecule has 5 nitrogen and oxygen atoms in total. The molecule has 6 heteroatoms. The molecule has 2 aromatic carbocycles. The second-order valence-electron chi connectivity index (χ2n) is 4.83. The van der Waals surface area contributed by atoms with Crippen LogP contribution < -0.4 is 5.43 Å². The van der Waals surface area contributed by atoms with Gasteiger partial charge in [-0.3, -0.25) is 15.5 Å². The summed E-state index contributed by atoms with van der Waals surface area (Å²) in [6, 6.07) is 16.5. The Morgan fingerprint density at radius 1 is 1.14 bits per heavy atom. The molecule has 1 N–H and O–H groups in total. The molecule has 2 aromatic rings. The van der Waals surface area contributed by atoms with Crippen LogP contribution in [0.2, 0.25) is 0 Å². The van der Waals surface area contributed by atoms with E-state index in [0.29, 0.717) is 0 Å². The van der Waals surface area contributed by atoms with Gasteiger partial charge in [-0.15, -0.1) is 0 Å². The Morgan fingerprint density at radius 3 is 2.43 bits per heavy atom. The molecule has 0 aliphatic carbocycles. The second-order valence-corrected chi connectivity index (χ2v) is 6.24. The number of nitrogens with one attached hydrogen (secondary N) is 1. The van der Waals surface area contributed by atoms with Gasteiger partial charge in [-0.05, 0) is 24.6 Å². The SMILES string of the molecule is C[C@@]1(c2ccc([N+](=O)[O-])cc2)NN=C(c2ccccc2)S1. The largest absolute Gasteiger partial charge is 0.288 e. The predicted molar refractivity (Wildman–Crippen MR) is 84.2 cm³/mol. The highest BCUT2D eigenvalue weighted by atomic mass is 32.2.